The van der Waals surface area contributed by atoms with Crippen molar-refractivity contribution in [2.45, 2.75) is 39.2 Å². The van der Waals surface area contributed by atoms with Gasteiger partial charge in [-0.25, -0.2) is 9.48 Å². The van der Waals surface area contributed by atoms with E-state index in [9.17, 15) is 4.79 Å². The highest BCUT2D eigenvalue weighted by molar-refractivity contribution is 5.96. The average molecular weight is 417 g/mol. The van der Waals surface area contributed by atoms with Crippen molar-refractivity contribution < 1.29 is 14.1 Å². The van der Waals surface area contributed by atoms with Crippen LogP contribution in [0.5, 0.6) is 0 Å². The molecule has 0 spiro atoms. The van der Waals surface area contributed by atoms with Crippen LogP contribution in [0.25, 0.3) is 16.9 Å². The number of carbonyl (C=O) groups is 1. The van der Waals surface area contributed by atoms with Crippen molar-refractivity contribution in [2.75, 3.05) is 0 Å². The van der Waals surface area contributed by atoms with Crippen LogP contribution in [0.4, 0.5) is 0 Å². The number of benzene rings is 1. The molecule has 0 unspecified atom stereocenters. The molecule has 0 amide bonds. The lowest BCUT2D eigenvalue weighted by Gasteiger charge is -2.11. The van der Waals surface area contributed by atoms with Gasteiger partial charge in [0, 0.05) is 29.6 Å². The van der Waals surface area contributed by atoms with E-state index in [1.54, 1.807) is 36.3 Å². The molecular weight excluding hydrogens is 394 g/mol. The smallest absolute Gasteiger partial charge is 0.342 e. The molecule has 0 N–H and O–H groups in total. The number of hydrogen-bond acceptors (Lipinski definition) is 7. The van der Waals surface area contributed by atoms with Gasteiger partial charge in [-0.2, -0.15) is 10.1 Å². The maximum Gasteiger partial charge on any atom is 0.342 e. The third kappa shape index (κ3) is 4.37. The van der Waals surface area contributed by atoms with E-state index in [-0.39, 0.29) is 11.3 Å². The molecule has 0 saturated carbocycles. The van der Waals surface area contributed by atoms with E-state index in [0.29, 0.717) is 22.6 Å². The van der Waals surface area contributed by atoms with Gasteiger partial charge in [0.25, 0.3) is 5.89 Å². The van der Waals surface area contributed by atoms with Gasteiger partial charge >= 0.3 is 5.97 Å². The Hall–Kier alpha value is -3.81. The molecule has 4 aromatic rings. The minimum Gasteiger partial charge on any atom is -0.449 e. The predicted molar refractivity (Wildman–Crippen MR) is 114 cm³/mol. The molecule has 8 nitrogen and oxygen atoms in total. The lowest BCUT2D eigenvalue weighted by Crippen LogP contribution is -2.14. The molecule has 8 heteroatoms. The minimum absolute atomic E-state index is 0.247. The van der Waals surface area contributed by atoms with Gasteiger partial charge in [-0.1, -0.05) is 44.1 Å². The first-order valence-corrected chi connectivity index (χ1v) is 9.93. The highest BCUT2D eigenvalue weighted by Crippen LogP contribution is 2.27. The Labute approximate surface area is 179 Å². The lowest BCUT2D eigenvalue weighted by molar-refractivity contribution is 0.0266. The van der Waals surface area contributed by atoms with E-state index in [2.05, 4.69) is 20.2 Å². The number of esters is 1. The number of hydrogen-bond donors (Lipinski definition) is 0. The molecule has 0 aliphatic heterocycles. The fourth-order valence-corrected chi connectivity index (χ4v) is 2.93. The Bertz CT molecular complexity index is 1180. The molecule has 3 heterocycles. The molecule has 0 saturated heterocycles. The van der Waals surface area contributed by atoms with Crippen LogP contribution in [0.3, 0.4) is 0 Å². The van der Waals surface area contributed by atoms with Gasteiger partial charge in [0.2, 0.25) is 0 Å². The zero-order chi connectivity index (χ0) is 22.0. The SMILES string of the molecule is C[C@H](OC(=O)c1cn(-c2ccccc2)nc1-c1cccnc1)c1nc(C(C)(C)C)no1. The van der Waals surface area contributed by atoms with Gasteiger partial charge in [-0.15, -0.1) is 0 Å². The zero-order valence-electron chi connectivity index (χ0n) is 17.8. The average Bonchev–Trinajstić information content (AvgIpc) is 3.43. The summed E-state index contributed by atoms with van der Waals surface area (Å²) in [6, 6.07) is 13.2. The first kappa shape index (κ1) is 20.5. The Balaban J connectivity index is 1.65. The standard InChI is InChI=1S/C23H23N5O3/c1-15(20-25-22(27-31-20)23(2,3)4)30-21(29)18-14-28(17-10-6-5-7-11-17)26-19(18)16-9-8-12-24-13-16/h5-15H,1-4H3/t15-/m0/s1. The van der Waals surface area contributed by atoms with E-state index in [1.807, 2.05) is 57.2 Å². The quantitative estimate of drug-likeness (QED) is 0.440. The molecule has 0 radical (unpaired) electrons. The van der Waals surface area contributed by atoms with E-state index >= 15 is 0 Å². The minimum atomic E-state index is -0.710. The molecule has 0 aliphatic carbocycles. The number of rotatable bonds is 5. The van der Waals surface area contributed by atoms with Crippen LogP contribution in [0, 0.1) is 0 Å². The van der Waals surface area contributed by atoms with Crippen molar-refractivity contribution in [3.8, 4) is 16.9 Å². The molecule has 4 rings (SSSR count). The van der Waals surface area contributed by atoms with Gasteiger partial charge in [0.05, 0.1) is 5.69 Å². The van der Waals surface area contributed by atoms with Gasteiger partial charge in [-0.05, 0) is 31.2 Å². The summed E-state index contributed by atoms with van der Waals surface area (Å²) in [5.41, 5.74) is 2.07. The second kappa shape index (κ2) is 8.14. The molecule has 31 heavy (non-hydrogen) atoms. The van der Waals surface area contributed by atoms with Crippen LogP contribution < -0.4 is 0 Å². The third-order valence-electron chi connectivity index (χ3n) is 4.63. The predicted octanol–water partition coefficient (Wildman–Crippen LogP) is 4.53. The van der Waals surface area contributed by atoms with Crippen LogP contribution in [0.1, 0.15) is 55.9 Å². The Kier molecular flexibility index (Phi) is 5.37. The number of para-hydroxylation sites is 1. The van der Waals surface area contributed by atoms with Gasteiger partial charge in [-0.3, -0.25) is 4.98 Å². The maximum absolute atomic E-state index is 13.1. The van der Waals surface area contributed by atoms with Crippen molar-refractivity contribution in [1.82, 2.24) is 24.9 Å². The summed E-state index contributed by atoms with van der Waals surface area (Å²) >= 11 is 0. The third-order valence-corrected chi connectivity index (χ3v) is 4.63. The molecule has 3 aromatic heterocycles. The van der Waals surface area contributed by atoms with Crippen molar-refractivity contribution in [1.29, 1.82) is 0 Å². The summed E-state index contributed by atoms with van der Waals surface area (Å²) in [4.78, 5) is 21.6. The normalized spacial score (nSPS) is 12.5. The molecule has 0 bridgehead atoms. The summed E-state index contributed by atoms with van der Waals surface area (Å²) < 4.78 is 12.6. The van der Waals surface area contributed by atoms with Crippen LogP contribution in [0.15, 0.2) is 65.6 Å². The van der Waals surface area contributed by atoms with E-state index in [0.717, 1.165) is 5.69 Å². The lowest BCUT2D eigenvalue weighted by atomic mass is 9.96. The highest BCUT2D eigenvalue weighted by Gasteiger charge is 2.27. The van der Waals surface area contributed by atoms with Crippen LogP contribution in [-0.4, -0.2) is 30.9 Å². The largest absolute Gasteiger partial charge is 0.449 e. The molecular formula is C23H23N5O3. The summed E-state index contributed by atoms with van der Waals surface area (Å²) in [6.45, 7) is 7.65. The number of aromatic nitrogens is 5. The van der Waals surface area contributed by atoms with Gasteiger partial charge in [0.15, 0.2) is 11.9 Å². The summed E-state index contributed by atoms with van der Waals surface area (Å²) in [7, 11) is 0. The zero-order valence-corrected chi connectivity index (χ0v) is 17.8. The van der Waals surface area contributed by atoms with Crippen LogP contribution in [-0.2, 0) is 10.2 Å². The van der Waals surface area contributed by atoms with Crippen molar-refractivity contribution >= 4 is 5.97 Å². The van der Waals surface area contributed by atoms with Crippen molar-refractivity contribution in [3.63, 3.8) is 0 Å². The fraction of sp³-hybridized carbons (Fsp3) is 0.261. The number of nitrogens with zero attached hydrogens (tertiary/aromatic N) is 5. The van der Waals surface area contributed by atoms with Crippen molar-refractivity contribution in [2.24, 2.45) is 0 Å². The van der Waals surface area contributed by atoms with Crippen LogP contribution in [0.2, 0.25) is 0 Å². The number of ether oxygens (including phenoxy) is 1. The first-order valence-electron chi connectivity index (χ1n) is 9.93. The highest BCUT2D eigenvalue weighted by atomic mass is 16.6. The maximum atomic E-state index is 13.1. The van der Waals surface area contributed by atoms with E-state index < -0.39 is 12.1 Å². The van der Waals surface area contributed by atoms with E-state index in [1.165, 1.54) is 0 Å². The number of pyridine rings is 1. The van der Waals surface area contributed by atoms with Gasteiger partial charge in [0.1, 0.15) is 11.3 Å². The monoisotopic (exact) mass is 417 g/mol. The number of carbonyl (C=O) groups excluding carboxylic acids is 1. The second-order valence-corrected chi connectivity index (χ2v) is 8.17. The molecule has 0 fully saturated rings. The fourth-order valence-electron chi connectivity index (χ4n) is 2.93. The van der Waals surface area contributed by atoms with E-state index in [4.69, 9.17) is 9.26 Å². The first-order chi connectivity index (χ1) is 14.8. The summed E-state index contributed by atoms with van der Waals surface area (Å²) in [6.07, 6.45) is 4.27. The summed E-state index contributed by atoms with van der Waals surface area (Å²) in [5.74, 6) is 0.263. The Morgan fingerprint density at radius 1 is 1.13 bits per heavy atom. The molecule has 0 aliphatic rings. The second-order valence-electron chi connectivity index (χ2n) is 8.17. The van der Waals surface area contributed by atoms with Crippen LogP contribution >= 0.6 is 0 Å². The molecule has 1 aromatic carbocycles. The topological polar surface area (TPSA) is 95.9 Å². The Morgan fingerprint density at radius 3 is 2.55 bits per heavy atom. The Morgan fingerprint density at radius 2 is 1.90 bits per heavy atom. The van der Waals surface area contributed by atoms with Gasteiger partial charge < -0.3 is 9.26 Å². The van der Waals surface area contributed by atoms with Crippen molar-refractivity contribution in [3.05, 3.63) is 78.3 Å². The molecule has 1 atom stereocenters. The summed E-state index contributed by atoms with van der Waals surface area (Å²) in [5, 5.41) is 8.61. The molecule has 158 valence electrons.